The standard InChI is InChI=1S/C21H33N5O7/c1-12(27)18(26-17(29)11-23)20(31)25-16(10-13-5-7-14(28)8-6-13)19(30)24-15(21(32)33)4-2-3-9-22/h5-8,12,15-16,18,27-28H,2-4,9-11,22-23H2,1H3,(H,24,30)(H,25,31)(H,26,29)(H,32,33). The monoisotopic (exact) mass is 467 g/mol. The van der Waals surface area contributed by atoms with Gasteiger partial charge < -0.3 is 42.7 Å². The molecule has 33 heavy (non-hydrogen) atoms. The van der Waals surface area contributed by atoms with Gasteiger partial charge in [0.1, 0.15) is 23.9 Å². The molecule has 1 rings (SSSR count). The lowest BCUT2D eigenvalue weighted by Crippen LogP contribution is -2.59. The second-order valence-electron chi connectivity index (χ2n) is 7.61. The van der Waals surface area contributed by atoms with E-state index in [2.05, 4.69) is 16.0 Å². The molecule has 184 valence electrons. The minimum absolute atomic E-state index is 0.00768. The first-order chi connectivity index (χ1) is 15.6. The number of aliphatic hydroxyl groups is 1. The molecule has 12 nitrogen and oxygen atoms in total. The summed E-state index contributed by atoms with van der Waals surface area (Å²) in [5.41, 5.74) is 11.2. The Hall–Kier alpha value is -3.22. The second kappa shape index (κ2) is 14.0. The normalized spacial score (nSPS) is 14.4. The van der Waals surface area contributed by atoms with Gasteiger partial charge in [0.25, 0.3) is 0 Å². The average molecular weight is 468 g/mol. The Morgan fingerprint density at radius 3 is 2.06 bits per heavy atom. The van der Waals surface area contributed by atoms with Crippen LogP contribution >= 0.6 is 0 Å². The zero-order valence-corrected chi connectivity index (χ0v) is 18.5. The molecule has 0 aliphatic rings. The first kappa shape index (κ1) is 27.8. The quantitative estimate of drug-likeness (QED) is 0.141. The van der Waals surface area contributed by atoms with Gasteiger partial charge in [0.2, 0.25) is 17.7 Å². The topological polar surface area (TPSA) is 217 Å². The number of carboxylic acids is 1. The lowest BCUT2D eigenvalue weighted by Gasteiger charge is -2.25. The number of aliphatic carboxylic acids is 1. The first-order valence-electron chi connectivity index (χ1n) is 10.6. The van der Waals surface area contributed by atoms with Gasteiger partial charge in [0.05, 0.1) is 12.6 Å². The van der Waals surface area contributed by atoms with E-state index in [0.29, 0.717) is 24.9 Å². The number of carbonyl (C=O) groups is 4. The average Bonchev–Trinajstić information content (AvgIpc) is 2.77. The summed E-state index contributed by atoms with van der Waals surface area (Å²) >= 11 is 0. The minimum Gasteiger partial charge on any atom is -0.508 e. The summed E-state index contributed by atoms with van der Waals surface area (Å²) in [6.45, 7) is 1.26. The van der Waals surface area contributed by atoms with Crippen LogP contribution in [0.15, 0.2) is 24.3 Å². The molecule has 0 fully saturated rings. The third kappa shape index (κ3) is 9.85. The molecule has 0 radical (unpaired) electrons. The van der Waals surface area contributed by atoms with Crippen LogP contribution in [0.4, 0.5) is 0 Å². The van der Waals surface area contributed by atoms with Gasteiger partial charge in [-0.05, 0) is 50.4 Å². The van der Waals surface area contributed by atoms with Gasteiger partial charge in [0.15, 0.2) is 0 Å². The van der Waals surface area contributed by atoms with Crippen LogP contribution in [-0.2, 0) is 25.6 Å². The van der Waals surface area contributed by atoms with Gasteiger partial charge in [-0.3, -0.25) is 14.4 Å². The molecular formula is C21H33N5O7. The fourth-order valence-electron chi connectivity index (χ4n) is 3.00. The number of aliphatic hydroxyl groups excluding tert-OH is 1. The fourth-order valence-corrected chi connectivity index (χ4v) is 3.00. The molecule has 0 aliphatic carbocycles. The molecule has 0 bridgehead atoms. The van der Waals surface area contributed by atoms with Crippen LogP contribution in [-0.4, -0.2) is 76.3 Å². The summed E-state index contributed by atoms with van der Waals surface area (Å²) in [5, 5.41) is 36.0. The lowest BCUT2D eigenvalue weighted by atomic mass is 10.0. The summed E-state index contributed by atoms with van der Waals surface area (Å²) in [5.74, 6) is -3.51. The van der Waals surface area contributed by atoms with Crippen molar-refractivity contribution in [3.8, 4) is 5.75 Å². The molecule has 0 saturated carbocycles. The summed E-state index contributed by atoms with van der Waals surface area (Å²) in [4.78, 5) is 48.9. The number of rotatable bonds is 14. The van der Waals surface area contributed by atoms with Gasteiger partial charge in [-0.15, -0.1) is 0 Å². The van der Waals surface area contributed by atoms with Crippen LogP contribution in [0.3, 0.4) is 0 Å². The van der Waals surface area contributed by atoms with Gasteiger partial charge in [-0.25, -0.2) is 4.79 Å². The van der Waals surface area contributed by atoms with Gasteiger partial charge in [0, 0.05) is 6.42 Å². The largest absolute Gasteiger partial charge is 0.508 e. The number of phenolic OH excluding ortho intramolecular Hbond substituents is 1. The van der Waals surface area contributed by atoms with E-state index >= 15 is 0 Å². The Morgan fingerprint density at radius 2 is 1.55 bits per heavy atom. The Labute approximate surface area is 191 Å². The van der Waals surface area contributed by atoms with E-state index < -0.39 is 54.5 Å². The van der Waals surface area contributed by atoms with Gasteiger partial charge in [-0.1, -0.05) is 12.1 Å². The lowest BCUT2D eigenvalue weighted by molar-refractivity contribution is -0.142. The van der Waals surface area contributed by atoms with Crippen molar-refractivity contribution in [2.45, 2.75) is 56.8 Å². The predicted octanol–water partition coefficient (Wildman–Crippen LogP) is -2.06. The van der Waals surface area contributed by atoms with Gasteiger partial charge >= 0.3 is 5.97 Å². The van der Waals surface area contributed by atoms with E-state index in [1.165, 1.54) is 19.1 Å². The number of benzene rings is 1. The highest BCUT2D eigenvalue weighted by molar-refractivity contribution is 5.94. The smallest absolute Gasteiger partial charge is 0.326 e. The van der Waals surface area contributed by atoms with Crippen LogP contribution < -0.4 is 27.4 Å². The molecule has 10 N–H and O–H groups in total. The molecule has 0 aromatic heterocycles. The summed E-state index contributed by atoms with van der Waals surface area (Å²) in [6.07, 6.45) is -0.103. The molecule has 0 heterocycles. The van der Waals surface area contributed by atoms with E-state index in [-0.39, 0.29) is 18.6 Å². The Kier molecular flexibility index (Phi) is 11.8. The minimum atomic E-state index is -1.38. The number of unbranched alkanes of at least 4 members (excludes halogenated alkanes) is 1. The molecular weight excluding hydrogens is 434 g/mol. The van der Waals surface area contributed by atoms with Crippen LogP contribution in [0.1, 0.15) is 31.7 Å². The molecule has 0 aliphatic heterocycles. The summed E-state index contributed by atoms with van der Waals surface area (Å²) in [6, 6.07) is 2.09. The Balaban J connectivity index is 3.07. The first-order valence-corrected chi connectivity index (χ1v) is 10.6. The van der Waals surface area contributed by atoms with Crippen LogP contribution in [0.2, 0.25) is 0 Å². The van der Waals surface area contributed by atoms with Crippen molar-refractivity contribution in [1.82, 2.24) is 16.0 Å². The van der Waals surface area contributed by atoms with E-state index in [1.807, 2.05) is 0 Å². The highest BCUT2D eigenvalue weighted by Crippen LogP contribution is 2.12. The number of nitrogens with two attached hydrogens (primary N) is 2. The zero-order chi connectivity index (χ0) is 25.0. The zero-order valence-electron chi connectivity index (χ0n) is 18.5. The third-order valence-electron chi connectivity index (χ3n) is 4.84. The van der Waals surface area contributed by atoms with Crippen LogP contribution in [0.25, 0.3) is 0 Å². The van der Waals surface area contributed by atoms with Crippen molar-refractivity contribution in [3.05, 3.63) is 29.8 Å². The number of carboxylic acid groups (broad SMARTS) is 1. The Morgan fingerprint density at radius 1 is 0.939 bits per heavy atom. The highest BCUT2D eigenvalue weighted by Gasteiger charge is 2.31. The van der Waals surface area contributed by atoms with Crippen molar-refractivity contribution < 1.29 is 34.5 Å². The maximum atomic E-state index is 12.9. The number of hydrogen-bond donors (Lipinski definition) is 8. The summed E-state index contributed by atoms with van der Waals surface area (Å²) in [7, 11) is 0. The van der Waals surface area contributed by atoms with Crippen molar-refractivity contribution in [3.63, 3.8) is 0 Å². The SMILES string of the molecule is CC(O)C(NC(=O)CN)C(=O)NC(Cc1ccc(O)cc1)C(=O)NC(CCCCN)C(=O)O. The van der Waals surface area contributed by atoms with E-state index in [9.17, 15) is 34.5 Å². The van der Waals surface area contributed by atoms with E-state index in [0.717, 1.165) is 0 Å². The highest BCUT2D eigenvalue weighted by atomic mass is 16.4. The van der Waals surface area contributed by atoms with Crippen LogP contribution in [0.5, 0.6) is 5.75 Å². The van der Waals surface area contributed by atoms with Crippen molar-refractivity contribution in [2.75, 3.05) is 13.1 Å². The molecule has 3 amide bonds. The predicted molar refractivity (Wildman–Crippen MR) is 119 cm³/mol. The number of amides is 3. The molecule has 12 heteroatoms. The van der Waals surface area contributed by atoms with Crippen LogP contribution in [0, 0.1) is 0 Å². The number of aromatic hydroxyl groups is 1. The molecule has 1 aromatic rings. The number of nitrogens with one attached hydrogen (secondary N) is 3. The second-order valence-corrected chi connectivity index (χ2v) is 7.61. The molecule has 1 aromatic carbocycles. The Bertz CT molecular complexity index is 801. The molecule has 0 spiro atoms. The van der Waals surface area contributed by atoms with E-state index in [4.69, 9.17) is 11.5 Å². The fraction of sp³-hybridized carbons (Fsp3) is 0.524. The maximum absolute atomic E-state index is 12.9. The van der Waals surface area contributed by atoms with Crippen molar-refractivity contribution in [2.24, 2.45) is 11.5 Å². The van der Waals surface area contributed by atoms with Crippen molar-refractivity contribution >= 4 is 23.7 Å². The number of phenols is 1. The third-order valence-corrected chi connectivity index (χ3v) is 4.84. The van der Waals surface area contributed by atoms with Crippen molar-refractivity contribution in [1.29, 1.82) is 0 Å². The van der Waals surface area contributed by atoms with Gasteiger partial charge in [-0.2, -0.15) is 0 Å². The maximum Gasteiger partial charge on any atom is 0.326 e. The molecule has 0 saturated heterocycles. The van der Waals surface area contributed by atoms with E-state index in [1.54, 1.807) is 12.1 Å². The molecule has 4 atom stereocenters. The number of carbonyl (C=O) groups excluding carboxylic acids is 3. The number of hydrogen-bond acceptors (Lipinski definition) is 8. The molecule has 4 unspecified atom stereocenters. The summed E-state index contributed by atoms with van der Waals surface area (Å²) < 4.78 is 0.